The van der Waals surface area contributed by atoms with Crippen LogP contribution in [-0.4, -0.2) is 44.8 Å². The Morgan fingerprint density at radius 3 is 2.58 bits per heavy atom. The number of nitrogens with zero attached hydrogens (tertiary/aromatic N) is 4. The zero-order chi connectivity index (χ0) is 27.9. The van der Waals surface area contributed by atoms with Gasteiger partial charge in [0.1, 0.15) is 16.0 Å². The Kier molecular flexibility index (Phi) is 7.18. The molecule has 3 heterocycles. The number of ether oxygens (including phenoxy) is 1. The lowest BCUT2D eigenvalue weighted by atomic mass is 9.78. The molecule has 3 aromatic rings. The maximum Gasteiger partial charge on any atom is 0.275 e. The predicted molar refractivity (Wildman–Crippen MR) is 136 cm³/mol. The quantitative estimate of drug-likeness (QED) is 0.434. The summed E-state index contributed by atoms with van der Waals surface area (Å²) >= 11 is 0.846. The molecule has 0 spiro atoms. The first-order valence-electron chi connectivity index (χ1n) is 11.1. The van der Waals surface area contributed by atoms with Crippen LogP contribution in [0.2, 0.25) is 0 Å². The minimum absolute atomic E-state index is 0.00588. The summed E-state index contributed by atoms with van der Waals surface area (Å²) in [5.41, 5.74) is 3.90. The van der Waals surface area contributed by atoms with E-state index in [-0.39, 0.29) is 34.6 Å². The highest BCUT2D eigenvalue weighted by atomic mass is 32.3. The van der Waals surface area contributed by atoms with Gasteiger partial charge in [-0.1, -0.05) is 18.7 Å². The van der Waals surface area contributed by atoms with Gasteiger partial charge in [-0.25, -0.2) is 32.2 Å². The van der Waals surface area contributed by atoms with Gasteiger partial charge in [-0.3, -0.25) is 9.79 Å². The number of hydrogen-bond acceptors (Lipinski definition) is 11. The van der Waals surface area contributed by atoms with Gasteiger partial charge >= 0.3 is 0 Å². The fourth-order valence-electron chi connectivity index (χ4n) is 4.04. The van der Waals surface area contributed by atoms with Crippen LogP contribution in [0.5, 0.6) is 5.88 Å². The van der Waals surface area contributed by atoms with Gasteiger partial charge in [0.15, 0.2) is 33.2 Å². The molecule has 0 aliphatic carbocycles. The van der Waals surface area contributed by atoms with Crippen molar-refractivity contribution in [2.75, 3.05) is 11.6 Å². The van der Waals surface area contributed by atoms with E-state index >= 15 is 4.39 Å². The molecule has 0 fully saturated rings. The number of carbonyl (C=O) groups is 1. The molecule has 0 unspecified atom stereocenters. The van der Waals surface area contributed by atoms with Crippen LogP contribution >= 0.6 is 11.8 Å². The third-order valence-corrected chi connectivity index (χ3v) is 10.6. The van der Waals surface area contributed by atoms with Crippen molar-refractivity contribution in [1.29, 1.82) is 0 Å². The number of amidine groups is 1. The molecule has 1 aromatic carbocycles. The average Bonchev–Trinajstić information content (AvgIpc) is 3.36. The van der Waals surface area contributed by atoms with Crippen LogP contribution in [0.3, 0.4) is 0 Å². The second-order valence-corrected chi connectivity index (χ2v) is 13.1. The van der Waals surface area contributed by atoms with Crippen LogP contribution < -0.4 is 15.8 Å². The number of nitrogens with one attached hydrogen (secondary N) is 1. The number of carbonyl (C=O) groups excluding carboxylic acids is 1. The predicted octanol–water partition coefficient (Wildman–Crippen LogP) is 3.25. The maximum atomic E-state index is 15.1. The Hall–Kier alpha value is -3.59. The summed E-state index contributed by atoms with van der Waals surface area (Å²) in [5.74, 6) is -3.65. The van der Waals surface area contributed by atoms with E-state index in [1.807, 2.05) is 0 Å². The summed E-state index contributed by atoms with van der Waals surface area (Å²) in [7, 11) is -3.71. The van der Waals surface area contributed by atoms with E-state index in [9.17, 15) is 17.6 Å². The lowest BCUT2D eigenvalue weighted by Gasteiger charge is -2.46. The number of halogens is 2. The van der Waals surface area contributed by atoms with Crippen molar-refractivity contribution in [3.8, 4) is 5.88 Å². The van der Waals surface area contributed by atoms with E-state index in [1.165, 1.54) is 38.6 Å². The normalized spacial score (nSPS) is 23.5. The van der Waals surface area contributed by atoms with Crippen molar-refractivity contribution in [3.63, 3.8) is 0 Å². The molecule has 202 valence electrons. The van der Waals surface area contributed by atoms with E-state index < -0.39 is 42.9 Å². The molecule has 0 bridgehead atoms. The number of amides is 1. The van der Waals surface area contributed by atoms with Crippen molar-refractivity contribution >= 4 is 38.4 Å². The highest BCUT2D eigenvalue weighted by Crippen LogP contribution is 2.52. The first-order chi connectivity index (χ1) is 17.7. The largest absolute Gasteiger partial charge is 0.467 e. The summed E-state index contributed by atoms with van der Waals surface area (Å²) in [4.78, 5) is 29.0. The number of aliphatic imine (C=N–C) groups is 1. The monoisotopic (exact) mass is 566 g/mol. The maximum absolute atomic E-state index is 15.1. The summed E-state index contributed by atoms with van der Waals surface area (Å²) < 4.78 is 64.1. The first kappa shape index (κ1) is 27.4. The highest BCUT2D eigenvalue weighted by molar-refractivity contribution is 8.23. The van der Waals surface area contributed by atoms with Gasteiger partial charge in [-0.15, -0.1) is 0 Å². The van der Waals surface area contributed by atoms with E-state index in [0.29, 0.717) is 5.89 Å². The summed E-state index contributed by atoms with van der Waals surface area (Å²) in [5, 5.41) is 2.37. The zero-order valence-corrected chi connectivity index (χ0v) is 22.4. The third-order valence-electron chi connectivity index (χ3n) is 6.53. The van der Waals surface area contributed by atoms with E-state index in [1.54, 1.807) is 6.92 Å². The minimum atomic E-state index is -3.71. The smallest absolute Gasteiger partial charge is 0.275 e. The molecular formula is C23H24F2N6O5S2. The van der Waals surface area contributed by atoms with Gasteiger partial charge in [0, 0.05) is 29.5 Å². The standard InChI is InChI=1S/C23H24F2N6O5S2/c1-12-22(2,31-21(26)37-23(12,3)38(4,33)34)14-7-13(8-15(24)19(14)25)30-20(32)16-9-29-17(10-28-16)36-11-18-27-5-6-35-18/h5-10,12H,11H2,1-4H3,(H2,26,31)(H,30,32)/t12-,22-,23+/m0/s1. The molecule has 4 rings (SSSR count). The van der Waals surface area contributed by atoms with Crippen molar-refractivity contribution in [2.45, 2.75) is 37.0 Å². The van der Waals surface area contributed by atoms with Gasteiger partial charge < -0.3 is 20.2 Å². The number of thioether (sulfide) groups is 1. The SMILES string of the molecule is C[C@@H]1[C@@](C)(S(C)(=O)=O)SC(N)=N[C@]1(C)c1cc(NC(=O)c2cnc(OCc3ncco3)cn2)cc(F)c1F. The number of aromatic nitrogens is 3. The molecule has 0 saturated heterocycles. The molecule has 11 nitrogen and oxygen atoms in total. The van der Waals surface area contributed by atoms with Gasteiger partial charge in [0.25, 0.3) is 5.91 Å². The Morgan fingerprint density at radius 2 is 1.97 bits per heavy atom. The average molecular weight is 567 g/mol. The lowest BCUT2D eigenvalue weighted by molar-refractivity contribution is 0.102. The number of sulfone groups is 1. The van der Waals surface area contributed by atoms with Gasteiger partial charge in [0.05, 0.1) is 24.1 Å². The number of rotatable bonds is 7. The van der Waals surface area contributed by atoms with Gasteiger partial charge in [-0.2, -0.15) is 0 Å². The molecule has 1 aliphatic heterocycles. The van der Waals surface area contributed by atoms with Gasteiger partial charge in [-0.05, 0) is 19.9 Å². The second-order valence-electron chi connectivity index (χ2n) is 8.94. The second kappa shape index (κ2) is 9.94. The Bertz CT molecular complexity index is 1500. The summed E-state index contributed by atoms with van der Waals surface area (Å²) in [6.07, 6.45) is 6.25. The summed E-state index contributed by atoms with van der Waals surface area (Å²) in [6, 6.07) is 2.00. The zero-order valence-electron chi connectivity index (χ0n) is 20.7. The van der Waals surface area contributed by atoms with Gasteiger partial charge in [0.2, 0.25) is 11.8 Å². The lowest BCUT2D eigenvalue weighted by Crippen LogP contribution is -2.52. The van der Waals surface area contributed by atoms with Crippen molar-refractivity contribution < 1.29 is 31.1 Å². The molecule has 3 N–H and O–H groups in total. The van der Waals surface area contributed by atoms with Crippen molar-refractivity contribution in [3.05, 3.63) is 65.8 Å². The Balaban J connectivity index is 1.60. The molecule has 3 atom stereocenters. The van der Waals surface area contributed by atoms with E-state index in [0.717, 1.165) is 30.3 Å². The molecule has 1 aliphatic rings. The van der Waals surface area contributed by atoms with Crippen LogP contribution in [0.25, 0.3) is 0 Å². The third kappa shape index (κ3) is 5.07. The molecular weight excluding hydrogens is 542 g/mol. The Labute approximate surface area is 221 Å². The fourth-order valence-corrected chi connectivity index (χ4v) is 6.83. The molecule has 0 saturated carbocycles. The fraction of sp³-hybridized carbons (Fsp3) is 0.348. The van der Waals surface area contributed by atoms with Crippen molar-refractivity contribution in [1.82, 2.24) is 15.0 Å². The molecule has 0 radical (unpaired) electrons. The van der Waals surface area contributed by atoms with E-state index in [2.05, 4.69) is 25.3 Å². The van der Waals surface area contributed by atoms with Crippen LogP contribution in [0, 0.1) is 17.6 Å². The molecule has 1 amide bonds. The van der Waals surface area contributed by atoms with E-state index in [4.69, 9.17) is 14.9 Å². The van der Waals surface area contributed by atoms with Crippen molar-refractivity contribution in [2.24, 2.45) is 16.6 Å². The highest BCUT2D eigenvalue weighted by Gasteiger charge is 2.55. The first-order valence-corrected chi connectivity index (χ1v) is 13.8. The topological polar surface area (TPSA) is 163 Å². The number of oxazole rings is 1. The van der Waals surface area contributed by atoms with Crippen LogP contribution in [0.4, 0.5) is 14.5 Å². The minimum Gasteiger partial charge on any atom is -0.467 e. The van der Waals surface area contributed by atoms with Crippen LogP contribution in [-0.2, 0) is 22.0 Å². The van der Waals surface area contributed by atoms with Crippen LogP contribution in [0.15, 0.2) is 46.4 Å². The molecule has 2 aromatic heterocycles. The number of anilines is 1. The molecule has 38 heavy (non-hydrogen) atoms. The number of nitrogens with two attached hydrogens (primary N) is 1. The number of benzene rings is 1. The summed E-state index contributed by atoms with van der Waals surface area (Å²) in [6.45, 7) is 4.52. The Morgan fingerprint density at radius 1 is 1.24 bits per heavy atom. The van der Waals surface area contributed by atoms with Crippen LogP contribution in [0.1, 0.15) is 42.7 Å². The molecule has 15 heteroatoms. The number of hydrogen-bond donors (Lipinski definition) is 2.